The third-order valence-electron chi connectivity index (χ3n) is 6.47. The molecule has 1 N–H and O–H groups in total. The van der Waals surface area contributed by atoms with E-state index in [0.29, 0.717) is 24.8 Å². The van der Waals surface area contributed by atoms with Crippen molar-refractivity contribution in [1.29, 1.82) is 0 Å². The largest absolute Gasteiger partial charge is 0.482 e. The van der Waals surface area contributed by atoms with Gasteiger partial charge in [0.1, 0.15) is 10.6 Å². The van der Waals surface area contributed by atoms with Crippen LogP contribution in [0.25, 0.3) is 0 Å². The van der Waals surface area contributed by atoms with E-state index in [0.717, 1.165) is 17.4 Å². The van der Waals surface area contributed by atoms with Crippen molar-refractivity contribution in [3.05, 3.63) is 17.2 Å². The van der Waals surface area contributed by atoms with E-state index in [-0.39, 0.29) is 40.6 Å². The van der Waals surface area contributed by atoms with Crippen molar-refractivity contribution in [2.45, 2.75) is 43.0 Å². The highest BCUT2D eigenvalue weighted by Crippen LogP contribution is 2.36. The Morgan fingerprint density at radius 2 is 1.88 bits per heavy atom. The highest BCUT2D eigenvalue weighted by Gasteiger charge is 2.32. The van der Waals surface area contributed by atoms with Crippen molar-refractivity contribution < 1.29 is 22.7 Å². The van der Waals surface area contributed by atoms with Crippen molar-refractivity contribution >= 4 is 39.1 Å². The van der Waals surface area contributed by atoms with Gasteiger partial charge in [0, 0.05) is 45.3 Å². The van der Waals surface area contributed by atoms with Crippen LogP contribution in [0.4, 0.5) is 5.69 Å². The third-order valence-corrected chi connectivity index (χ3v) is 8.74. The number of anilines is 1. The van der Waals surface area contributed by atoms with Gasteiger partial charge in [-0.05, 0) is 18.9 Å². The lowest BCUT2D eigenvalue weighted by Gasteiger charge is -2.41. The van der Waals surface area contributed by atoms with Gasteiger partial charge in [-0.2, -0.15) is 4.31 Å². The van der Waals surface area contributed by atoms with Gasteiger partial charge in [-0.25, -0.2) is 8.42 Å². The van der Waals surface area contributed by atoms with E-state index in [1.807, 2.05) is 0 Å². The standard InChI is InChI=1S/C21H29ClN4O5S/c1-24(13-21(28)26-9-7-25(8-10-26)15-5-3-2-4-6-15)32(29,30)19-12-18-17(11-16(19)22)23-20(27)14-31-18/h11-12,15H,2-10,13-14H2,1H3,(H,23,27). The molecule has 11 heteroatoms. The maximum absolute atomic E-state index is 13.1. The van der Waals surface area contributed by atoms with E-state index in [2.05, 4.69) is 10.2 Å². The number of nitrogens with zero attached hydrogens (tertiary/aromatic N) is 3. The van der Waals surface area contributed by atoms with Crippen molar-refractivity contribution in [2.75, 3.05) is 51.7 Å². The second-order valence-corrected chi connectivity index (χ2v) is 11.0. The minimum Gasteiger partial charge on any atom is -0.482 e. The molecule has 1 saturated carbocycles. The van der Waals surface area contributed by atoms with Crippen molar-refractivity contribution in [2.24, 2.45) is 0 Å². The number of nitrogens with one attached hydrogen (secondary N) is 1. The minimum absolute atomic E-state index is 0.0463. The molecule has 0 radical (unpaired) electrons. The summed E-state index contributed by atoms with van der Waals surface area (Å²) in [4.78, 5) is 28.3. The molecule has 1 saturated heterocycles. The van der Waals surface area contributed by atoms with E-state index >= 15 is 0 Å². The van der Waals surface area contributed by atoms with Gasteiger partial charge in [0.05, 0.1) is 17.3 Å². The molecule has 2 aliphatic heterocycles. The summed E-state index contributed by atoms with van der Waals surface area (Å²) in [6.45, 7) is 2.40. The minimum atomic E-state index is -4.03. The number of piperazine rings is 1. The second-order valence-electron chi connectivity index (χ2n) is 8.59. The summed E-state index contributed by atoms with van der Waals surface area (Å²) in [5, 5.41) is 2.54. The van der Waals surface area contributed by atoms with Gasteiger partial charge in [-0.3, -0.25) is 14.5 Å². The van der Waals surface area contributed by atoms with Crippen molar-refractivity contribution in [3.63, 3.8) is 0 Å². The number of benzene rings is 1. The summed E-state index contributed by atoms with van der Waals surface area (Å²) in [5.74, 6) is -0.335. The maximum Gasteiger partial charge on any atom is 0.262 e. The van der Waals surface area contributed by atoms with Gasteiger partial charge in [0.2, 0.25) is 15.9 Å². The van der Waals surface area contributed by atoms with Crippen LogP contribution in [0.15, 0.2) is 17.0 Å². The quantitative estimate of drug-likeness (QED) is 0.683. The molecule has 2 fully saturated rings. The molecule has 1 aliphatic carbocycles. The van der Waals surface area contributed by atoms with Crippen LogP contribution in [0, 0.1) is 0 Å². The highest BCUT2D eigenvalue weighted by molar-refractivity contribution is 7.89. The summed E-state index contributed by atoms with van der Waals surface area (Å²) in [6, 6.07) is 3.25. The van der Waals surface area contributed by atoms with Gasteiger partial charge in [-0.1, -0.05) is 30.9 Å². The average Bonchev–Trinajstić information content (AvgIpc) is 2.79. The zero-order chi connectivity index (χ0) is 22.9. The van der Waals surface area contributed by atoms with Gasteiger partial charge in [0.15, 0.2) is 6.61 Å². The SMILES string of the molecule is CN(CC(=O)N1CCN(C2CCCCC2)CC1)S(=O)(=O)c1cc2c(cc1Cl)NC(=O)CO2. The number of likely N-dealkylation sites (N-methyl/N-ethyl adjacent to an activating group) is 1. The topological polar surface area (TPSA) is 99.3 Å². The van der Waals surface area contributed by atoms with Crippen LogP contribution in [0.1, 0.15) is 32.1 Å². The molecule has 1 aromatic rings. The Balaban J connectivity index is 1.38. The van der Waals surface area contributed by atoms with E-state index in [4.69, 9.17) is 16.3 Å². The predicted octanol–water partition coefficient (Wildman–Crippen LogP) is 1.77. The van der Waals surface area contributed by atoms with Gasteiger partial charge in [-0.15, -0.1) is 0 Å². The molecule has 0 bridgehead atoms. The van der Waals surface area contributed by atoms with E-state index in [1.54, 1.807) is 4.90 Å². The fourth-order valence-electron chi connectivity index (χ4n) is 4.61. The van der Waals surface area contributed by atoms with Crippen LogP contribution in [0.5, 0.6) is 5.75 Å². The van der Waals surface area contributed by atoms with E-state index < -0.39 is 10.0 Å². The summed E-state index contributed by atoms with van der Waals surface area (Å²) in [6.07, 6.45) is 6.31. The number of carbonyl (C=O) groups excluding carboxylic acids is 2. The lowest BCUT2D eigenvalue weighted by atomic mass is 9.94. The van der Waals surface area contributed by atoms with Crippen LogP contribution in [0.3, 0.4) is 0 Å². The molecule has 0 atom stereocenters. The van der Waals surface area contributed by atoms with Crippen LogP contribution < -0.4 is 10.1 Å². The average molecular weight is 485 g/mol. The molecule has 2 amide bonds. The predicted molar refractivity (Wildman–Crippen MR) is 120 cm³/mol. The summed E-state index contributed by atoms with van der Waals surface area (Å²) >= 11 is 6.20. The molecule has 3 aliphatic rings. The Kier molecular flexibility index (Phi) is 6.94. The van der Waals surface area contributed by atoms with Crippen LogP contribution in [-0.2, 0) is 19.6 Å². The first-order chi connectivity index (χ1) is 15.3. The fourth-order valence-corrected chi connectivity index (χ4v) is 6.24. The van der Waals surface area contributed by atoms with Crippen molar-refractivity contribution in [1.82, 2.24) is 14.1 Å². The van der Waals surface area contributed by atoms with Gasteiger partial charge in [0.25, 0.3) is 5.91 Å². The lowest BCUT2D eigenvalue weighted by Crippen LogP contribution is -2.54. The van der Waals surface area contributed by atoms with Gasteiger partial charge >= 0.3 is 0 Å². The highest BCUT2D eigenvalue weighted by atomic mass is 35.5. The van der Waals surface area contributed by atoms with E-state index in [1.165, 1.54) is 51.3 Å². The molecular weight excluding hydrogens is 456 g/mol. The lowest BCUT2D eigenvalue weighted by molar-refractivity contribution is -0.133. The first kappa shape index (κ1) is 23.3. The van der Waals surface area contributed by atoms with E-state index in [9.17, 15) is 18.0 Å². The number of fused-ring (bicyclic) bond motifs is 1. The van der Waals surface area contributed by atoms with Gasteiger partial charge < -0.3 is 15.0 Å². The third kappa shape index (κ3) is 4.88. The Labute approximate surface area is 193 Å². The maximum atomic E-state index is 13.1. The van der Waals surface area contributed by atoms with Crippen LogP contribution in [-0.4, -0.2) is 86.8 Å². The fraction of sp³-hybridized carbons (Fsp3) is 0.619. The molecule has 32 heavy (non-hydrogen) atoms. The summed E-state index contributed by atoms with van der Waals surface area (Å²) in [5.41, 5.74) is 0.319. The number of sulfonamides is 1. The number of carbonyl (C=O) groups is 2. The number of halogens is 1. The molecule has 0 aromatic heterocycles. The molecular formula is C21H29ClN4O5S. The number of amides is 2. The first-order valence-corrected chi connectivity index (χ1v) is 12.8. The summed E-state index contributed by atoms with van der Waals surface area (Å²) < 4.78 is 32.5. The number of ether oxygens (including phenoxy) is 1. The smallest absolute Gasteiger partial charge is 0.262 e. The Morgan fingerprint density at radius 1 is 1.19 bits per heavy atom. The molecule has 1 aromatic carbocycles. The second kappa shape index (κ2) is 9.54. The molecule has 176 valence electrons. The monoisotopic (exact) mass is 484 g/mol. The van der Waals surface area contributed by atoms with Crippen LogP contribution in [0.2, 0.25) is 5.02 Å². The molecule has 4 rings (SSSR count). The van der Waals surface area contributed by atoms with Crippen molar-refractivity contribution in [3.8, 4) is 5.75 Å². The van der Waals surface area contributed by atoms with Crippen LogP contribution >= 0.6 is 11.6 Å². The number of hydrogen-bond donors (Lipinski definition) is 1. The summed E-state index contributed by atoms with van der Waals surface area (Å²) in [7, 11) is -2.66. The molecule has 2 heterocycles. The molecule has 9 nitrogen and oxygen atoms in total. The molecule has 0 unspecified atom stereocenters. The first-order valence-electron chi connectivity index (χ1n) is 11.0. The molecule has 0 spiro atoms. The Morgan fingerprint density at radius 3 is 2.56 bits per heavy atom. The Bertz CT molecular complexity index is 988. The normalized spacial score (nSPS) is 20.6. The Hall–Kier alpha value is -1.88. The zero-order valence-electron chi connectivity index (χ0n) is 18.2. The number of rotatable bonds is 5. The zero-order valence-corrected chi connectivity index (χ0v) is 19.8. The number of hydrogen-bond acceptors (Lipinski definition) is 6.